The van der Waals surface area contributed by atoms with Crippen molar-refractivity contribution in [3.05, 3.63) is 12.7 Å². The van der Waals surface area contributed by atoms with Gasteiger partial charge in [-0.1, -0.05) is 6.58 Å². The van der Waals surface area contributed by atoms with Crippen molar-refractivity contribution in [2.24, 2.45) is 0 Å². The Labute approximate surface area is 82.6 Å². The lowest BCUT2D eigenvalue weighted by Gasteiger charge is -2.19. The third-order valence-electron chi connectivity index (χ3n) is 2.58. The number of halogens is 5. The molecule has 1 aliphatic heterocycles. The molecular weight excluding hydrogens is 221 g/mol. The maximum atomic E-state index is 12.8. The van der Waals surface area contributed by atoms with E-state index in [-0.39, 0.29) is 0 Å². The van der Waals surface area contributed by atoms with Crippen LogP contribution in [-0.4, -0.2) is 42.1 Å². The summed E-state index contributed by atoms with van der Waals surface area (Å²) in [5.74, 6) is -5.66. The minimum Gasteiger partial charge on any atom is -0.241 e. The lowest BCUT2D eigenvalue weighted by molar-refractivity contribution is -0.718. The first-order chi connectivity index (χ1) is 6.57. The highest BCUT2D eigenvalue weighted by Crippen LogP contribution is 2.48. The highest BCUT2D eigenvalue weighted by Gasteiger charge is 2.78. The smallest absolute Gasteiger partial charge is 0.241 e. The maximum Gasteiger partial charge on any atom is 0.460 e. The Hall–Kier alpha value is -0.980. The number of carbonyl (C=O) groups excluding carboxylic acids is 1. The van der Waals surface area contributed by atoms with Crippen LogP contribution in [0.3, 0.4) is 0 Å². The molecule has 0 spiro atoms. The first-order valence-corrected chi connectivity index (χ1v) is 4.04. The highest BCUT2D eigenvalue weighted by molar-refractivity contribution is 5.82. The van der Waals surface area contributed by atoms with Crippen LogP contribution in [0.1, 0.15) is 0 Å². The van der Waals surface area contributed by atoms with E-state index >= 15 is 0 Å². The minimum atomic E-state index is -5.62. The molecule has 0 aromatic heterocycles. The van der Waals surface area contributed by atoms with Gasteiger partial charge >= 0.3 is 18.0 Å². The predicted molar refractivity (Wildman–Crippen MR) is 41.0 cm³/mol. The lowest BCUT2D eigenvalue weighted by Crippen LogP contribution is -2.47. The summed E-state index contributed by atoms with van der Waals surface area (Å²) in [6.07, 6.45) is -4.86. The third-order valence-corrected chi connectivity index (χ3v) is 2.58. The number of alkyl halides is 5. The van der Waals surface area contributed by atoms with Crippen LogP contribution in [0, 0.1) is 0 Å². The number of hydrogen-bond acceptors (Lipinski definition) is 1. The molecule has 1 amide bonds. The Kier molecular flexibility index (Phi) is 2.42. The summed E-state index contributed by atoms with van der Waals surface area (Å²) in [6.45, 7) is 2.54. The fourth-order valence-corrected chi connectivity index (χ4v) is 1.43. The predicted octanol–water partition coefficient (Wildman–Crippen LogP) is 1.73. The molecule has 0 aromatic rings. The van der Waals surface area contributed by atoms with Crippen LogP contribution in [0.15, 0.2) is 12.7 Å². The molecule has 2 nitrogen and oxygen atoms in total. The van der Waals surface area contributed by atoms with Gasteiger partial charge in [-0.2, -0.15) is 22.0 Å². The molecule has 7 heteroatoms. The summed E-state index contributed by atoms with van der Waals surface area (Å²) >= 11 is 0. The van der Waals surface area contributed by atoms with Crippen molar-refractivity contribution in [2.45, 2.75) is 18.1 Å². The van der Waals surface area contributed by atoms with E-state index in [1.807, 2.05) is 0 Å². The van der Waals surface area contributed by atoms with Crippen molar-refractivity contribution in [2.75, 3.05) is 13.6 Å². The second-order valence-electron chi connectivity index (χ2n) is 3.63. The summed E-state index contributed by atoms with van der Waals surface area (Å²) in [5, 5.41) is 0. The normalized spacial score (nSPS) is 31.2. The van der Waals surface area contributed by atoms with Gasteiger partial charge in [0, 0.05) is 6.08 Å². The van der Waals surface area contributed by atoms with Gasteiger partial charge in [-0.15, -0.1) is 0 Å². The monoisotopic (exact) mass is 230 g/mol. The average Bonchev–Trinajstić information content (AvgIpc) is 2.77. The number of hydrogen-bond donors (Lipinski definition) is 0. The molecule has 0 bridgehead atoms. The van der Waals surface area contributed by atoms with Crippen molar-refractivity contribution < 1.29 is 31.2 Å². The van der Waals surface area contributed by atoms with Crippen LogP contribution in [0.4, 0.5) is 22.0 Å². The van der Waals surface area contributed by atoms with Gasteiger partial charge in [0.15, 0.2) is 0 Å². The van der Waals surface area contributed by atoms with Crippen molar-refractivity contribution >= 4 is 5.91 Å². The van der Waals surface area contributed by atoms with Crippen LogP contribution in [0.25, 0.3) is 0 Å². The molecule has 0 N–H and O–H groups in total. The van der Waals surface area contributed by atoms with Crippen molar-refractivity contribution in [3.63, 3.8) is 0 Å². The average molecular weight is 230 g/mol. The molecule has 86 valence electrons. The Balaban J connectivity index is 2.89. The van der Waals surface area contributed by atoms with Crippen LogP contribution < -0.4 is 0 Å². The van der Waals surface area contributed by atoms with Gasteiger partial charge in [0.05, 0.1) is 7.05 Å². The van der Waals surface area contributed by atoms with E-state index in [9.17, 15) is 26.7 Å². The van der Waals surface area contributed by atoms with Crippen molar-refractivity contribution in [3.8, 4) is 0 Å². The Morgan fingerprint density at radius 3 is 2.20 bits per heavy atom. The summed E-state index contributed by atoms with van der Waals surface area (Å²) in [4.78, 5) is 11.0. The zero-order chi connectivity index (χ0) is 12.1. The van der Waals surface area contributed by atoms with Gasteiger partial charge in [0.1, 0.15) is 6.54 Å². The number of nitrogens with zero attached hydrogens (tertiary/aromatic N) is 1. The molecule has 2 atom stereocenters. The standard InChI is InChI=1S/C8H9F5NO/c1-3-6(15)14(2)4-5(14)7(9,10)8(11,12)13/h3,5H,1,4H2,2H3/q+1. The van der Waals surface area contributed by atoms with Gasteiger partial charge in [-0.05, 0) is 0 Å². The van der Waals surface area contributed by atoms with Crippen LogP contribution in [0.5, 0.6) is 0 Å². The van der Waals surface area contributed by atoms with E-state index in [1.54, 1.807) is 0 Å². The number of likely N-dealkylation sites (N-methyl/N-ethyl adjacent to an activating group) is 1. The fourth-order valence-electron chi connectivity index (χ4n) is 1.43. The SMILES string of the molecule is C=CC(=O)[N+]1(C)CC1C(F)(F)C(F)(F)F. The molecule has 0 saturated carbocycles. The van der Waals surface area contributed by atoms with Gasteiger partial charge in [0.25, 0.3) is 0 Å². The minimum absolute atomic E-state index is 0.517. The van der Waals surface area contributed by atoms with E-state index in [2.05, 4.69) is 6.58 Å². The lowest BCUT2D eigenvalue weighted by atomic mass is 10.2. The highest BCUT2D eigenvalue weighted by atomic mass is 19.4. The molecule has 1 aliphatic rings. The summed E-state index contributed by atoms with van der Waals surface area (Å²) in [7, 11) is 1.04. The number of amides is 1. The topological polar surface area (TPSA) is 17.1 Å². The van der Waals surface area contributed by atoms with Gasteiger partial charge in [-0.25, -0.2) is 9.28 Å². The zero-order valence-electron chi connectivity index (χ0n) is 7.81. The largest absolute Gasteiger partial charge is 0.460 e. The molecule has 2 unspecified atom stereocenters. The van der Waals surface area contributed by atoms with E-state index in [1.165, 1.54) is 0 Å². The molecule has 1 heterocycles. The first-order valence-electron chi connectivity index (χ1n) is 4.04. The van der Waals surface area contributed by atoms with E-state index in [0.29, 0.717) is 0 Å². The Bertz CT molecular complexity index is 311. The second kappa shape index (κ2) is 3.01. The molecule has 15 heavy (non-hydrogen) atoms. The molecule has 0 radical (unpaired) electrons. The Morgan fingerprint density at radius 1 is 1.40 bits per heavy atom. The molecule has 1 fully saturated rings. The molecule has 0 aliphatic carbocycles. The van der Waals surface area contributed by atoms with Crippen LogP contribution in [-0.2, 0) is 4.79 Å². The molecule has 0 aromatic carbocycles. The zero-order valence-corrected chi connectivity index (χ0v) is 7.81. The first kappa shape index (κ1) is 12.1. The van der Waals surface area contributed by atoms with Gasteiger partial charge < -0.3 is 0 Å². The second-order valence-corrected chi connectivity index (χ2v) is 3.63. The van der Waals surface area contributed by atoms with E-state index < -0.39 is 35.1 Å². The van der Waals surface area contributed by atoms with E-state index in [0.717, 1.165) is 13.1 Å². The quantitative estimate of drug-likeness (QED) is 0.305. The van der Waals surface area contributed by atoms with Crippen molar-refractivity contribution in [1.29, 1.82) is 0 Å². The van der Waals surface area contributed by atoms with Crippen LogP contribution >= 0.6 is 0 Å². The number of quaternary nitrogens is 1. The third kappa shape index (κ3) is 1.64. The van der Waals surface area contributed by atoms with E-state index in [4.69, 9.17) is 0 Å². The molecule has 1 rings (SSSR count). The number of rotatable bonds is 2. The maximum absolute atomic E-state index is 12.8. The van der Waals surface area contributed by atoms with Gasteiger partial charge in [-0.3, -0.25) is 0 Å². The Morgan fingerprint density at radius 2 is 1.87 bits per heavy atom. The molecule has 1 saturated heterocycles. The number of carbonyl (C=O) groups is 1. The molecular formula is C8H9F5NO+. The fraction of sp³-hybridized carbons (Fsp3) is 0.625. The van der Waals surface area contributed by atoms with Crippen LogP contribution in [0.2, 0.25) is 0 Å². The van der Waals surface area contributed by atoms with Crippen molar-refractivity contribution in [1.82, 2.24) is 0 Å². The summed E-state index contributed by atoms with van der Waals surface area (Å²) in [5.41, 5.74) is 0. The summed E-state index contributed by atoms with van der Waals surface area (Å²) in [6, 6.07) is -2.03. The van der Waals surface area contributed by atoms with Gasteiger partial charge in [0.2, 0.25) is 6.04 Å². The summed E-state index contributed by atoms with van der Waals surface area (Å²) < 4.78 is 60.4.